The summed E-state index contributed by atoms with van der Waals surface area (Å²) in [6.45, 7) is 5.64. The number of amides is 1. The number of carbonyl (C=O) groups excluding carboxylic acids is 1. The number of aliphatic hydroxyl groups is 1. The number of aryl methyl sites for hydroxylation is 1. The van der Waals surface area contributed by atoms with Gasteiger partial charge >= 0.3 is 0 Å². The summed E-state index contributed by atoms with van der Waals surface area (Å²) in [5.74, 6) is 0.276. The Bertz CT molecular complexity index is 428. The number of hydrogen-bond acceptors (Lipinski definition) is 2. The van der Waals surface area contributed by atoms with Gasteiger partial charge in [0.1, 0.15) is 0 Å². The molecule has 2 rings (SSSR count). The van der Waals surface area contributed by atoms with E-state index in [-0.39, 0.29) is 18.4 Å². The Labute approximate surface area is 102 Å². The molecule has 17 heavy (non-hydrogen) atoms. The van der Waals surface area contributed by atoms with Crippen molar-refractivity contribution in [1.29, 1.82) is 0 Å². The van der Waals surface area contributed by atoms with Crippen LogP contribution in [0.4, 0.5) is 0 Å². The zero-order chi connectivity index (χ0) is 12.4. The fraction of sp³-hybridized carbons (Fsp3) is 0.500. The van der Waals surface area contributed by atoms with Crippen molar-refractivity contribution >= 4 is 5.91 Å². The van der Waals surface area contributed by atoms with Crippen molar-refractivity contribution in [2.75, 3.05) is 13.2 Å². The van der Waals surface area contributed by atoms with Crippen molar-refractivity contribution in [3.8, 4) is 0 Å². The van der Waals surface area contributed by atoms with Gasteiger partial charge in [0.15, 0.2) is 0 Å². The molecule has 0 spiro atoms. The van der Waals surface area contributed by atoms with Crippen LogP contribution in [0.5, 0.6) is 0 Å². The Morgan fingerprint density at radius 1 is 1.41 bits per heavy atom. The second kappa shape index (κ2) is 4.88. The highest BCUT2D eigenvalue weighted by atomic mass is 16.3. The number of benzene rings is 1. The van der Waals surface area contributed by atoms with E-state index in [1.165, 1.54) is 16.7 Å². The van der Waals surface area contributed by atoms with Crippen molar-refractivity contribution < 1.29 is 9.90 Å². The van der Waals surface area contributed by atoms with E-state index in [0.29, 0.717) is 19.5 Å². The van der Waals surface area contributed by atoms with E-state index < -0.39 is 0 Å². The summed E-state index contributed by atoms with van der Waals surface area (Å²) < 4.78 is 0. The summed E-state index contributed by atoms with van der Waals surface area (Å²) in [6, 6.07) is 6.19. The van der Waals surface area contributed by atoms with Gasteiger partial charge in [-0.05, 0) is 30.5 Å². The predicted octanol–water partition coefficient (Wildman–Crippen LogP) is 1.64. The Hall–Kier alpha value is -1.35. The normalized spacial score (nSPS) is 20.1. The van der Waals surface area contributed by atoms with E-state index in [1.54, 1.807) is 0 Å². The minimum atomic E-state index is 0.106. The van der Waals surface area contributed by atoms with Crippen molar-refractivity contribution in [3.63, 3.8) is 0 Å². The first-order valence-electron chi connectivity index (χ1n) is 6.05. The van der Waals surface area contributed by atoms with E-state index in [4.69, 9.17) is 5.11 Å². The number of likely N-dealkylation sites (tertiary alicyclic amines) is 1. The molecule has 1 fully saturated rings. The number of aliphatic hydroxyl groups excluding tert-OH is 1. The van der Waals surface area contributed by atoms with Gasteiger partial charge in [0.05, 0.1) is 0 Å². The summed E-state index contributed by atoms with van der Waals surface area (Å²) in [4.78, 5) is 13.6. The molecular formula is C14H19NO2. The third-order valence-electron chi connectivity index (χ3n) is 3.63. The topological polar surface area (TPSA) is 40.5 Å². The lowest BCUT2D eigenvalue weighted by Gasteiger charge is -2.18. The molecule has 3 nitrogen and oxygen atoms in total. The van der Waals surface area contributed by atoms with Crippen LogP contribution >= 0.6 is 0 Å². The highest BCUT2D eigenvalue weighted by Gasteiger charge is 2.29. The maximum Gasteiger partial charge on any atom is 0.223 e. The second-order valence-corrected chi connectivity index (χ2v) is 4.89. The molecule has 1 unspecified atom stereocenters. The molecule has 1 N–H and O–H groups in total. The number of carbonyl (C=O) groups is 1. The van der Waals surface area contributed by atoms with Crippen LogP contribution in [-0.2, 0) is 11.3 Å². The first-order valence-corrected chi connectivity index (χ1v) is 6.05. The molecule has 1 aliphatic heterocycles. The maximum absolute atomic E-state index is 11.8. The highest BCUT2D eigenvalue weighted by molar-refractivity contribution is 5.78. The van der Waals surface area contributed by atoms with E-state index in [9.17, 15) is 4.79 Å². The largest absolute Gasteiger partial charge is 0.396 e. The molecular weight excluding hydrogens is 214 g/mol. The Morgan fingerprint density at radius 3 is 2.82 bits per heavy atom. The minimum absolute atomic E-state index is 0.106. The molecule has 1 aromatic carbocycles. The van der Waals surface area contributed by atoms with E-state index in [0.717, 1.165) is 0 Å². The van der Waals surface area contributed by atoms with Gasteiger partial charge in [-0.2, -0.15) is 0 Å². The van der Waals surface area contributed by atoms with Crippen LogP contribution in [0.15, 0.2) is 18.2 Å². The average Bonchev–Trinajstić information content (AvgIpc) is 2.66. The van der Waals surface area contributed by atoms with Gasteiger partial charge in [-0.3, -0.25) is 4.79 Å². The van der Waals surface area contributed by atoms with Crippen molar-refractivity contribution in [2.24, 2.45) is 5.92 Å². The molecule has 0 aromatic heterocycles. The lowest BCUT2D eigenvalue weighted by molar-refractivity contribution is -0.128. The summed E-state index contributed by atoms with van der Waals surface area (Å²) in [5.41, 5.74) is 3.72. The molecule has 0 bridgehead atoms. The number of hydrogen-bond donors (Lipinski definition) is 1. The Kier molecular flexibility index (Phi) is 3.48. The van der Waals surface area contributed by atoms with Gasteiger partial charge in [-0.1, -0.05) is 18.2 Å². The first kappa shape index (κ1) is 12.1. The molecule has 0 saturated carbocycles. The standard InChI is InChI=1S/C14H19NO2/c1-10-4-3-5-13(11(10)2)8-15-7-12(9-16)6-14(15)17/h3-5,12,16H,6-9H2,1-2H3. The maximum atomic E-state index is 11.8. The molecule has 3 heteroatoms. The molecule has 1 aromatic rings. The first-order chi connectivity index (χ1) is 8.11. The van der Waals surface area contributed by atoms with Crippen molar-refractivity contribution in [3.05, 3.63) is 34.9 Å². The van der Waals surface area contributed by atoms with E-state index in [1.807, 2.05) is 11.0 Å². The number of nitrogens with zero attached hydrogens (tertiary/aromatic N) is 1. The fourth-order valence-electron chi connectivity index (χ4n) is 2.32. The van der Waals surface area contributed by atoms with Gasteiger partial charge < -0.3 is 10.0 Å². The molecule has 1 heterocycles. The molecule has 1 aliphatic rings. The summed E-state index contributed by atoms with van der Waals surface area (Å²) in [6.07, 6.45) is 0.487. The summed E-state index contributed by atoms with van der Waals surface area (Å²) in [5, 5.41) is 9.09. The zero-order valence-corrected chi connectivity index (χ0v) is 10.4. The molecule has 0 aliphatic carbocycles. The van der Waals surface area contributed by atoms with Gasteiger partial charge in [0, 0.05) is 32.0 Å². The highest BCUT2D eigenvalue weighted by Crippen LogP contribution is 2.21. The van der Waals surface area contributed by atoms with Gasteiger partial charge in [-0.15, -0.1) is 0 Å². The predicted molar refractivity (Wildman–Crippen MR) is 66.5 cm³/mol. The third kappa shape index (κ3) is 2.50. The van der Waals surface area contributed by atoms with Crippen LogP contribution in [0.25, 0.3) is 0 Å². The molecule has 1 amide bonds. The van der Waals surface area contributed by atoms with Crippen LogP contribution in [-0.4, -0.2) is 29.1 Å². The SMILES string of the molecule is Cc1cccc(CN2CC(CO)CC2=O)c1C. The smallest absolute Gasteiger partial charge is 0.223 e. The molecule has 1 saturated heterocycles. The fourth-order valence-corrected chi connectivity index (χ4v) is 2.32. The van der Waals surface area contributed by atoms with Crippen LogP contribution in [0.3, 0.4) is 0 Å². The van der Waals surface area contributed by atoms with Crippen LogP contribution in [0, 0.1) is 19.8 Å². The Morgan fingerprint density at radius 2 is 2.18 bits per heavy atom. The summed E-state index contributed by atoms with van der Waals surface area (Å²) in [7, 11) is 0. The second-order valence-electron chi connectivity index (χ2n) is 4.89. The molecule has 0 radical (unpaired) electrons. The van der Waals surface area contributed by atoms with Gasteiger partial charge in [0.2, 0.25) is 5.91 Å². The van der Waals surface area contributed by atoms with Crippen LogP contribution < -0.4 is 0 Å². The molecule has 1 atom stereocenters. The Balaban J connectivity index is 2.11. The lowest BCUT2D eigenvalue weighted by atomic mass is 10.0. The average molecular weight is 233 g/mol. The van der Waals surface area contributed by atoms with Gasteiger partial charge in [-0.25, -0.2) is 0 Å². The van der Waals surface area contributed by atoms with Crippen molar-refractivity contribution in [2.45, 2.75) is 26.8 Å². The monoisotopic (exact) mass is 233 g/mol. The quantitative estimate of drug-likeness (QED) is 0.862. The van der Waals surface area contributed by atoms with Crippen LogP contribution in [0.2, 0.25) is 0 Å². The lowest BCUT2D eigenvalue weighted by Crippen LogP contribution is -2.25. The molecule has 92 valence electrons. The van der Waals surface area contributed by atoms with Crippen molar-refractivity contribution in [1.82, 2.24) is 4.90 Å². The number of rotatable bonds is 3. The van der Waals surface area contributed by atoms with E-state index in [2.05, 4.69) is 26.0 Å². The zero-order valence-electron chi connectivity index (χ0n) is 10.4. The van der Waals surface area contributed by atoms with E-state index >= 15 is 0 Å². The minimum Gasteiger partial charge on any atom is -0.396 e. The van der Waals surface area contributed by atoms with Gasteiger partial charge in [0.25, 0.3) is 0 Å². The third-order valence-corrected chi connectivity index (χ3v) is 3.63. The summed E-state index contributed by atoms with van der Waals surface area (Å²) >= 11 is 0. The van der Waals surface area contributed by atoms with Crippen LogP contribution in [0.1, 0.15) is 23.1 Å².